The van der Waals surface area contributed by atoms with E-state index in [2.05, 4.69) is 17.6 Å². The van der Waals surface area contributed by atoms with Gasteiger partial charge >= 0.3 is 6.03 Å². The van der Waals surface area contributed by atoms with E-state index in [9.17, 15) is 4.79 Å². The third kappa shape index (κ3) is 5.38. The molecule has 2 atom stereocenters. The molecule has 0 aromatic rings. The van der Waals surface area contributed by atoms with E-state index in [1.807, 2.05) is 20.8 Å². The molecule has 94 valence electrons. The predicted octanol–water partition coefficient (Wildman–Crippen LogP) is 3.05. The third-order valence-electron chi connectivity index (χ3n) is 3.08. The van der Waals surface area contributed by atoms with Crippen molar-refractivity contribution in [1.82, 2.24) is 10.6 Å². The maximum absolute atomic E-state index is 11.7. The summed E-state index contributed by atoms with van der Waals surface area (Å²) in [7, 11) is 0. The highest BCUT2D eigenvalue weighted by atomic mass is 16.2. The monoisotopic (exact) mass is 226 g/mol. The van der Waals surface area contributed by atoms with Crippen molar-refractivity contribution in [2.45, 2.75) is 71.4 Å². The number of hydrogen-bond donors (Lipinski definition) is 2. The summed E-state index contributed by atoms with van der Waals surface area (Å²) >= 11 is 0. The number of amides is 2. The van der Waals surface area contributed by atoms with Crippen molar-refractivity contribution in [3.05, 3.63) is 0 Å². The normalized spacial score (nSPS) is 27.0. The summed E-state index contributed by atoms with van der Waals surface area (Å²) in [5.74, 6) is 0.817. The number of nitrogens with one attached hydrogen (secondary N) is 2. The molecule has 0 aromatic carbocycles. The molecule has 1 aliphatic rings. The average molecular weight is 226 g/mol. The van der Waals surface area contributed by atoms with Crippen LogP contribution in [0.15, 0.2) is 0 Å². The molecule has 2 amide bonds. The molecule has 0 aromatic heterocycles. The first kappa shape index (κ1) is 13.3. The van der Waals surface area contributed by atoms with Gasteiger partial charge in [-0.3, -0.25) is 0 Å². The van der Waals surface area contributed by atoms with Crippen molar-refractivity contribution in [1.29, 1.82) is 0 Å². The Morgan fingerprint density at radius 3 is 2.44 bits per heavy atom. The molecule has 3 heteroatoms. The number of urea groups is 1. The Balaban J connectivity index is 2.33. The zero-order valence-corrected chi connectivity index (χ0v) is 11.1. The highest BCUT2D eigenvalue weighted by Gasteiger charge is 2.20. The first-order valence-electron chi connectivity index (χ1n) is 6.45. The Morgan fingerprint density at radius 2 is 1.81 bits per heavy atom. The molecule has 0 heterocycles. The van der Waals surface area contributed by atoms with Gasteiger partial charge in [-0.2, -0.15) is 0 Å². The van der Waals surface area contributed by atoms with Gasteiger partial charge in [-0.25, -0.2) is 4.79 Å². The van der Waals surface area contributed by atoms with Crippen LogP contribution in [0, 0.1) is 5.92 Å². The molecule has 2 unspecified atom stereocenters. The second-order valence-corrected chi connectivity index (χ2v) is 6.16. The van der Waals surface area contributed by atoms with Crippen LogP contribution in [0.4, 0.5) is 4.79 Å². The molecule has 1 rings (SSSR count). The molecule has 0 saturated heterocycles. The van der Waals surface area contributed by atoms with Gasteiger partial charge in [0.05, 0.1) is 0 Å². The summed E-state index contributed by atoms with van der Waals surface area (Å²) in [6.45, 7) is 8.31. The number of hydrogen-bond acceptors (Lipinski definition) is 1. The van der Waals surface area contributed by atoms with Crippen LogP contribution in [-0.2, 0) is 0 Å². The average Bonchev–Trinajstić information content (AvgIpc) is 2.27. The van der Waals surface area contributed by atoms with Crippen molar-refractivity contribution in [2.24, 2.45) is 5.92 Å². The lowest BCUT2D eigenvalue weighted by molar-refractivity contribution is 0.226. The second kappa shape index (κ2) is 5.55. The quantitative estimate of drug-likeness (QED) is 0.663. The lowest BCUT2D eigenvalue weighted by Crippen LogP contribution is -2.49. The fraction of sp³-hybridized carbons (Fsp3) is 0.923. The lowest BCUT2D eigenvalue weighted by Gasteiger charge is -2.24. The smallest absolute Gasteiger partial charge is 0.315 e. The standard InChI is InChI=1S/C13H26N2O/c1-10-6-5-7-11(9-8-10)14-12(16)15-13(2,3)4/h10-11H,5-9H2,1-4H3,(H2,14,15,16). The van der Waals surface area contributed by atoms with Crippen LogP contribution in [0.1, 0.15) is 59.8 Å². The highest BCUT2D eigenvalue weighted by molar-refractivity contribution is 5.74. The van der Waals surface area contributed by atoms with Gasteiger partial charge in [0, 0.05) is 11.6 Å². The Labute approximate surface area is 99.4 Å². The van der Waals surface area contributed by atoms with Gasteiger partial charge in [0.15, 0.2) is 0 Å². The summed E-state index contributed by atoms with van der Waals surface area (Å²) in [6.07, 6.45) is 6.03. The van der Waals surface area contributed by atoms with Crippen molar-refractivity contribution in [2.75, 3.05) is 0 Å². The van der Waals surface area contributed by atoms with Crippen LogP contribution in [0.5, 0.6) is 0 Å². The second-order valence-electron chi connectivity index (χ2n) is 6.16. The molecule has 0 bridgehead atoms. The minimum absolute atomic E-state index is 0.0212. The van der Waals surface area contributed by atoms with E-state index in [0.717, 1.165) is 18.8 Å². The number of carbonyl (C=O) groups is 1. The largest absolute Gasteiger partial charge is 0.335 e. The van der Waals surface area contributed by atoms with Gasteiger partial charge in [-0.1, -0.05) is 19.8 Å². The molecule has 16 heavy (non-hydrogen) atoms. The van der Waals surface area contributed by atoms with E-state index in [1.54, 1.807) is 0 Å². The Kier molecular flexibility index (Phi) is 4.63. The summed E-state index contributed by atoms with van der Waals surface area (Å²) < 4.78 is 0. The van der Waals surface area contributed by atoms with E-state index in [1.165, 1.54) is 19.3 Å². The highest BCUT2D eigenvalue weighted by Crippen LogP contribution is 2.22. The van der Waals surface area contributed by atoms with Gasteiger partial charge in [0.2, 0.25) is 0 Å². The van der Waals surface area contributed by atoms with Crippen LogP contribution >= 0.6 is 0 Å². The van der Waals surface area contributed by atoms with Crippen molar-refractivity contribution < 1.29 is 4.79 Å². The molecule has 1 saturated carbocycles. The van der Waals surface area contributed by atoms with Gasteiger partial charge < -0.3 is 10.6 Å². The molecule has 1 aliphatic carbocycles. The molecule has 0 aliphatic heterocycles. The predicted molar refractivity (Wildman–Crippen MR) is 67.5 cm³/mol. The topological polar surface area (TPSA) is 41.1 Å². The third-order valence-corrected chi connectivity index (χ3v) is 3.08. The number of carbonyl (C=O) groups excluding carboxylic acids is 1. The number of rotatable bonds is 1. The summed E-state index contributed by atoms with van der Waals surface area (Å²) in [5, 5.41) is 6.03. The molecule has 0 spiro atoms. The maximum atomic E-state index is 11.7. The van der Waals surface area contributed by atoms with Gasteiger partial charge in [0.1, 0.15) is 0 Å². The van der Waals surface area contributed by atoms with Crippen LogP contribution in [0.25, 0.3) is 0 Å². The lowest BCUT2D eigenvalue weighted by atomic mass is 10.0. The molecule has 1 fully saturated rings. The summed E-state index contributed by atoms with van der Waals surface area (Å²) in [6, 6.07) is 0.347. The first-order valence-corrected chi connectivity index (χ1v) is 6.45. The van der Waals surface area contributed by atoms with E-state index in [0.29, 0.717) is 6.04 Å². The minimum atomic E-state index is -0.151. The van der Waals surface area contributed by atoms with Gasteiger partial charge in [-0.05, 0) is 46.0 Å². The minimum Gasteiger partial charge on any atom is -0.335 e. The SMILES string of the molecule is CC1CCCC(NC(=O)NC(C)(C)C)CC1. The van der Waals surface area contributed by atoms with Crippen LogP contribution in [0.2, 0.25) is 0 Å². The maximum Gasteiger partial charge on any atom is 0.315 e. The van der Waals surface area contributed by atoms with E-state index < -0.39 is 0 Å². The Hall–Kier alpha value is -0.730. The molecule has 3 nitrogen and oxygen atoms in total. The van der Waals surface area contributed by atoms with Crippen LogP contribution < -0.4 is 10.6 Å². The van der Waals surface area contributed by atoms with Crippen molar-refractivity contribution >= 4 is 6.03 Å². The van der Waals surface area contributed by atoms with E-state index >= 15 is 0 Å². The molecule has 0 radical (unpaired) electrons. The van der Waals surface area contributed by atoms with E-state index in [-0.39, 0.29) is 11.6 Å². The van der Waals surface area contributed by atoms with Crippen molar-refractivity contribution in [3.8, 4) is 0 Å². The molecular formula is C13H26N2O. The fourth-order valence-corrected chi connectivity index (χ4v) is 2.19. The van der Waals surface area contributed by atoms with Crippen LogP contribution in [-0.4, -0.2) is 17.6 Å². The van der Waals surface area contributed by atoms with Crippen LogP contribution in [0.3, 0.4) is 0 Å². The van der Waals surface area contributed by atoms with Gasteiger partial charge in [-0.15, -0.1) is 0 Å². The van der Waals surface area contributed by atoms with Gasteiger partial charge in [0.25, 0.3) is 0 Å². The molecular weight excluding hydrogens is 200 g/mol. The zero-order chi connectivity index (χ0) is 12.2. The fourth-order valence-electron chi connectivity index (χ4n) is 2.19. The Bertz CT molecular complexity index is 233. The van der Waals surface area contributed by atoms with E-state index in [4.69, 9.17) is 0 Å². The summed E-state index contributed by atoms with van der Waals surface area (Å²) in [4.78, 5) is 11.7. The zero-order valence-electron chi connectivity index (χ0n) is 11.1. The summed E-state index contributed by atoms with van der Waals surface area (Å²) in [5.41, 5.74) is -0.151. The van der Waals surface area contributed by atoms with Crippen molar-refractivity contribution in [3.63, 3.8) is 0 Å². The molecule has 2 N–H and O–H groups in total. The Morgan fingerprint density at radius 1 is 1.12 bits per heavy atom. The first-order chi connectivity index (χ1) is 7.37.